The molecule has 0 amide bonds. The van der Waals surface area contributed by atoms with Crippen molar-refractivity contribution in [3.63, 3.8) is 0 Å². The fourth-order valence-corrected chi connectivity index (χ4v) is 1.22. The molecule has 0 bridgehead atoms. The molecule has 0 unspecified atom stereocenters. The maximum atomic E-state index is 12.4. The second-order valence-electron chi connectivity index (χ2n) is 3.00. The largest absolute Gasteiger partial charge is 0.478 e. The normalized spacial score (nSPS) is 11.5. The summed E-state index contributed by atoms with van der Waals surface area (Å²) in [7, 11) is 0. The number of carboxylic acids is 1. The number of halogens is 3. The first-order valence-corrected chi connectivity index (χ1v) is 3.94. The Labute approximate surface area is 83.3 Å². The van der Waals surface area contributed by atoms with Gasteiger partial charge in [0.2, 0.25) is 0 Å². The Balaban J connectivity index is 3.41. The van der Waals surface area contributed by atoms with Crippen LogP contribution in [0.25, 0.3) is 0 Å². The maximum Gasteiger partial charge on any atom is 0.416 e. The van der Waals surface area contributed by atoms with Gasteiger partial charge in [-0.2, -0.15) is 13.2 Å². The minimum Gasteiger partial charge on any atom is -0.478 e. The Hall–Kier alpha value is -1.72. The molecule has 15 heavy (non-hydrogen) atoms. The third kappa shape index (κ3) is 2.03. The molecule has 3 nitrogen and oxygen atoms in total. The van der Waals surface area contributed by atoms with E-state index < -0.39 is 17.7 Å². The molecule has 82 valence electrons. The lowest BCUT2D eigenvalue weighted by atomic mass is 10.0. The predicted octanol–water partition coefficient (Wildman–Crippen LogP) is 2.29. The Morgan fingerprint density at radius 2 is 1.93 bits per heavy atom. The number of nitrogens with two attached hydrogens (primary N) is 1. The van der Waals surface area contributed by atoms with Gasteiger partial charge >= 0.3 is 12.1 Å². The highest BCUT2D eigenvalue weighted by molar-refractivity contribution is 5.94. The van der Waals surface area contributed by atoms with Crippen molar-refractivity contribution < 1.29 is 23.1 Å². The monoisotopic (exact) mass is 219 g/mol. The van der Waals surface area contributed by atoms with Crippen molar-refractivity contribution in [2.45, 2.75) is 13.1 Å². The van der Waals surface area contributed by atoms with Crippen LogP contribution in [0.1, 0.15) is 21.5 Å². The molecule has 0 heterocycles. The fraction of sp³-hybridized carbons (Fsp3) is 0.222. The summed E-state index contributed by atoms with van der Waals surface area (Å²) in [5.74, 6) is -1.34. The first-order valence-electron chi connectivity index (χ1n) is 3.94. The smallest absolute Gasteiger partial charge is 0.416 e. The van der Waals surface area contributed by atoms with Gasteiger partial charge in [0.25, 0.3) is 0 Å². The van der Waals surface area contributed by atoms with Crippen LogP contribution >= 0.6 is 0 Å². The van der Waals surface area contributed by atoms with Crippen LogP contribution in [-0.2, 0) is 6.18 Å². The van der Waals surface area contributed by atoms with Crippen molar-refractivity contribution in [3.05, 3.63) is 28.8 Å². The quantitative estimate of drug-likeness (QED) is 0.712. The van der Waals surface area contributed by atoms with E-state index in [1.54, 1.807) is 0 Å². The number of aromatic carboxylic acids is 1. The van der Waals surface area contributed by atoms with Crippen LogP contribution in [0.15, 0.2) is 12.1 Å². The summed E-state index contributed by atoms with van der Waals surface area (Å²) in [5, 5.41) is 8.62. The van der Waals surface area contributed by atoms with Crippen LogP contribution in [0.3, 0.4) is 0 Å². The van der Waals surface area contributed by atoms with Gasteiger partial charge < -0.3 is 10.8 Å². The number of nitrogen functional groups attached to an aromatic ring is 1. The van der Waals surface area contributed by atoms with Gasteiger partial charge in [0.1, 0.15) is 0 Å². The van der Waals surface area contributed by atoms with E-state index >= 15 is 0 Å². The first kappa shape index (κ1) is 11.4. The van der Waals surface area contributed by atoms with E-state index in [4.69, 9.17) is 10.8 Å². The Kier molecular flexibility index (Phi) is 2.61. The van der Waals surface area contributed by atoms with Gasteiger partial charge in [0.15, 0.2) is 0 Å². The molecule has 0 atom stereocenters. The minimum atomic E-state index is -4.52. The highest BCUT2D eigenvalue weighted by atomic mass is 19.4. The molecule has 0 fully saturated rings. The summed E-state index contributed by atoms with van der Waals surface area (Å²) < 4.78 is 37.1. The average Bonchev–Trinajstić information content (AvgIpc) is 2.06. The number of benzene rings is 1. The molecule has 1 aromatic rings. The van der Waals surface area contributed by atoms with Gasteiger partial charge in [-0.05, 0) is 24.6 Å². The number of hydrogen-bond acceptors (Lipinski definition) is 2. The lowest BCUT2D eigenvalue weighted by Crippen LogP contribution is -2.12. The average molecular weight is 219 g/mol. The van der Waals surface area contributed by atoms with Crippen LogP contribution < -0.4 is 5.73 Å². The molecule has 0 saturated heterocycles. The highest BCUT2D eigenvalue weighted by Gasteiger charge is 2.33. The number of anilines is 1. The number of hydrogen-bond donors (Lipinski definition) is 2. The van der Waals surface area contributed by atoms with E-state index in [0.29, 0.717) is 0 Å². The van der Waals surface area contributed by atoms with E-state index in [-0.39, 0.29) is 16.8 Å². The summed E-state index contributed by atoms with van der Waals surface area (Å²) in [6.45, 7) is 1.14. The van der Waals surface area contributed by atoms with E-state index in [1.165, 1.54) is 0 Å². The third-order valence-corrected chi connectivity index (χ3v) is 2.05. The molecule has 1 aromatic carbocycles. The van der Waals surface area contributed by atoms with Gasteiger partial charge in [-0.1, -0.05) is 0 Å². The third-order valence-electron chi connectivity index (χ3n) is 2.05. The van der Waals surface area contributed by atoms with E-state index in [1.807, 2.05) is 0 Å². The van der Waals surface area contributed by atoms with Gasteiger partial charge in [-0.3, -0.25) is 0 Å². The van der Waals surface area contributed by atoms with Gasteiger partial charge in [-0.15, -0.1) is 0 Å². The van der Waals surface area contributed by atoms with Crippen LogP contribution in [0.2, 0.25) is 0 Å². The van der Waals surface area contributed by atoms with Crippen molar-refractivity contribution in [3.8, 4) is 0 Å². The molecule has 0 aliphatic rings. The lowest BCUT2D eigenvalue weighted by molar-refractivity contribution is -0.138. The molecule has 1 rings (SSSR count). The number of rotatable bonds is 1. The second kappa shape index (κ2) is 3.45. The Bertz CT molecular complexity index is 413. The summed E-state index contributed by atoms with van der Waals surface area (Å²) in [6.07, 6.45) is -4.52. The zero-order valence-electron chi connectivity index (χ0n) is 7.72. The van der Waals surface area contributed by atoms with Crippen molar-refractivity contribution in [1.29, 1.82) is 0 Å². The molecule has 0 saturated carbocycles. The van der Waals surface area contributed by atoms with Crippen molar-refractivity contribution in [2.75, 3.05) is 5.73 Å². The van der Waals surface area contributed by atoms with Crippen molar-refractivity contribution >= 4 is 11.7 Å². The molecular weight excluding hydrogens is 211 g/mol. The lowest BCUT2D eigenvalue weighted by Gasteiger charge is -2.13. The summed E-state index contributed by atoms with van der Waals surface area (Å²) >= 11 is 0. The van der Waals surface area contributed by atoms with Crippen molar-refractivity contribution in [1.82, 2.24) is 0 Å². The first-order chi connectivity index (χ1) is 6.75. The van der Waals surface area contributed by atoms with Crippen molar-refractivity contribution in [2.24, 2.45) is 0 Å². The highest BCUT2D eigenvalue weighted by Crippen LogP contribution is 2.34. The standard InChI is InChI=1S/C9H8F3NO2/c1-4-6(9(10,11)12)3-2-5(7(4)13)8(14)15/h2-3H,13H2,1H3,(H,14,15). The van der Waals surface area contributed by atoms with Crippen LogP contribution in [0, 0.1) is 6.92 Å². The number of carboxylic acid groups (broad SMARTS) is 1. The van der Waals surface area contributed by atoms with E-state index in [2.05, 4.69) is 0 Å². The van der Waals surface area contributed by atoms with E-state index in [9.17, 15) is 18.0 Å². The topological polar surface area (TPSA) is 63.3 Å². The molecular formula is C9H8F3NO2. The van der Waals surface area contributed by atoms with Crippen LogP contribution in [0.5, 0.6) is 0 Å². The summed E-state index contributed by atoms with van der Waals surface area (Å²) in [5.41, 5.74) is 3.46. The second-order valence-corrected chi connectivity index (χ2v) is 3.00. The number of alkyl halides is 3. The molecule has 0 aliphatic heterocycles. The van der Waals surface area contributed by atoms with Crippen LogP contribution in [0.4, 0.5) is 18.9 Å². The Morgan fingerprint density at radius 3 is 2.33 bits per heavy atom. The molecule has 6 heteroatoms. The molecule has 0 spiro atoms. The predicted molar refractivity (Wildman–Crippen MR) is 47.6 cm³/mol. The summed E-state index contributed by atoms with van der Waals surface area (Å²) in [6, 6.07) is 1.57. The maximum absolute atomic E-state index is 12.4. The number of carbonyl (C=O) groups is 1. The van der Waals surface area contributed by atoms with Crippen LogP contribution in [-0.4, -0.2) is 11.1 Å². The van der Waals surface area contributed by atoms with Gasteiger partial charge in [0.05, 0.1) is 11.1 Å². The van der Waals surface area contributed by atoms with Gasteiger partial charge in [-0.25, -0.2) is 4.79 Å². The molecule has 0 aliphatic carbocycles. The summed E-state index contributed by atoms with van der Waals surface area (Å²) in [4.78, 5) is 10.6. The minimum absolute atomic E-state index is 0.262. The molecule has 3 N–H and O–H groups in total. The SMILES string of the molecule is Cc1c(C(F)(F)F)ccc(C(=O)O)c1N. The fourth-order valence-electron chi connectivity index (χ4n) is 1.22. The molecule has 0 radical (unpaired) electrons. The molecule has 0 aromatic heterocycles. The Morgan fingerprint density at radius 1 is 1.40 bits per heavy atom. The zero-order valence-corrected chi connectivity index (χ0v) is 7.72. The zero-order chi connectivity index (χ0) is 11.8. The van der Waals surface area contributed by atoms with Gasteiger partial charge in [0, 0.05) is 5.69 Å². The van der Waals surface area contributed by atoms with E-state index in [0.717, 1.165) is 19.1 Å².